The van der Waals surface area contributed by atoms with E-state index in [1.54, 1.807) is 0 Å². The summed E-state index contributed by atoms with van der Waals surface area (Å²) in [6, 6.07) is 0. The second-order valence-corrected chi connectivity index (χ2v) is 2.07. The van der Waals surface area contributed by atoms with E-state index in [1.807, 2.05) is 6.92 Å². The first-order chi connectivity index (χ1) is 4.33. The van der Waals surface area contributed by atoms with E-state index in [-0.39, 0.29) is 11.3 Å². The highest BCUT2D eigenvalue weighted by atomic mass is 16.5. The molecule has 0 spiro atoms. The van der Waals surface area contributed by atoms with E-state index in [0.717, 1.165) is 0 Å². The fraction of sp³-hybridized carbons (Fsp3) is 1.00. The SMILES string of the molecule is CCOC1C[NH+]([O-])CN1. The second-order valence-electron chi connectivity index (χ2n) is 2.07. The minimum absolute atomic E-state index is 0.0116. The quantitative estimate of drug-likeness (QED) is 0.440. The summed E-state index contributed by atoms with van der Waals surface area (Å²) in [6.07, 6.45) is -0.0116. The summed E-state index contributed by atoms with van der Waals surface area (Å²) in [5, 5.41) is 13.8. The monoisotopic (exact) mass is 132 g/mol. The Balaban J connectivity index is 2.14. The maximum atomic E-state index is 10.6. The van der Waals surface area contributed by atoms with Crippen LogP contribution in [0.2, 0.25) is 0 Å². The molecule has 1 aliphatic heterocycles. The summed E-state index contributed by atoms with van der Waals surface area (Å²) >= 11 is 0. The maximum Gasteiger partial charge on any atom is 0.162 e. The van der Waals surface area contributed by atoms with Gasteiger partial charge in [0.05, 0.1) is 0 Å². The van der Waals surface area contributed by atoms with Gasteiger partial charge >= 0.3 is 0 Å². The highest BCUT2D eigenvalue weighted by molar-refractivity contribution is 4.54. The van der Waals surface area contributed by atoms with E-state index in [2.05, 4.69) is 5.32 Å². The Labute approximate surface area is 54.4 Å². The van der Waals surface area contributed by atoms with E-state index >= 15 is 0 Å². The molecule has 0 radical (unpaired) electrons. The lowest BCUT2D eigenvalue weighted by Crippen LogP contribution is -3.05. The van der Waals surface area contributed by atoms with Crippen molar-refractivity contribution in [1.29, 1.82) is 0 Å². The fourth-order valence-electron chi connectivity index (χ4n) is 0.898. The number of hydroxylamine groups is 2. The van der Waals surface area contributed by atoms with Crippen LogP contribution in [0.1, 0.15) is 6.92 Å². The van der Waals surface area contributed by atoms with Crippen molar-refractivity contribution >= 4 is 0 Å². The van der Waals surface area contributed by atoms with Crippen LogP contribution in [-0.2, 0) is 4.74 Å². The largest absolute Gasteiger partial charge is 0.633 e. The molecule has 4 nitrogen and oxygen atoms in total. The van der Waals surface area contributed by atoms with Gasteiger partial charge in [-0.2, -0.15) is 0 Å². The van der Waals surface area contributed by atoms with Crippen molar-refractivity contribution in [3.8, 4) is 0 Å². The number of ether oxygens (including phenoxy) is 1. The molecule has 0 saturated carbocycles. The highest BCUT2D eigenvalue weighted by Gasteiger charge is 2.18. The molecular weight excluding hydrogens is 120 g/mol. The lowest BCUT2D eigenvalue weighted by molar-refractivity contribution is -0.836. The molecule has 0 aromatic rings. The number of hydrogen-bond donors (Lipinski definition) is 2. The molecule has 54 valence electrons. The van der Waals surface area contributed by atoms with E-state index < -0.39 is 0 Å². The van der Waals surface area contributed by atoms with E-state index in [1.165, 1.54) is 0 Å². The summed E-state index contributed by atoms with van der Waals surface area (Å²) in [5.41, 5.74) is 0. The van der Waals surface area contributed by atoms with Crippen LogP contribution in [0.4, 0.5) is 0 Å². The normalized spacial score (nSPS) is 35.3. The van der Waals surface area contributed by atoms with Crippen molar-refractivity contribution in [2.24, 2.45) is 0 Å². The predicted molar refractivity (Wildman–Crippen MR) is 32.6 cm³/mol. The van der Waals surface area contributed by atoms with Crippen molar-refractivity contribution in [2.45, 2.75) is 13.2 Å². The molecule has 1 aliphatic rings. The molecule has 4 heteroatoms. The summed E-state index contributed by atoms with van der Waals surface area (Å²) in [5.74, 6) is 0. The maximum absolute atomic E-state index is 10.6. The molecule has 0 aromatic carbocycles. The summed E-state index contributed by atoms with van der Waals surface area (Å²) < 4.78 is 5.14. The third-order valence-electron chi connectivity index (χ3n) is 1.31. The molecule has 9 heavy (non-hydrogen) atoms. The molecule has 1 saturated heterocycles. The Morgan fingerprint density at radius 3 is 3.11 bits per heavy atom. The van der Waals surface area contributed by atoms with Gasteiger partial charge in [-0.1, -0.05) is 0 Å². The number of hydrogen-bond acceptors (Lipinski definition) is 3. The van der Waals surface area contributed by atoms with Crippen LogP contribution in [0.25, 0.3) is 0 Å². The van der Waals surface area contributed by atoms with Crippen molar-refractivity contribution in [2.75, 3.05) is 19.8 Å². The van der Waals surface area contributed by atoms with Crippen LogP contribution >= 0.6 is 0 Å². The highest BCUT2D eigenvalue weighted by Crippen LogP contribution is 1.84. The smallest absolute Gasteiger partial charge is 0.162 e. The van der Waals surface area contributed by atoms with Gasteiger partial charge in [0, 0.05) is 6.61 Å². The van der Waals surface area contributed by atoms with Crippen molar-refractivity contribution in [1.82, 2.24) is 5.32 Å². The lowest BCUT2D eigenvalue weighted by atomic mass is 10.6. The van der Waals surface area contributed by atoms with Gasteiger partial charge < -0.3 is 15.0 Å². The Morgan fingerprint density at radius 1 is 1.89 bits per heavy atom. The molecular formula is C5H12N2O2. The number of quaternary nitrogens is 1. The Morgan fingerprint density at radius 2 is 2.67 bits per heavy atom. The van der Waals surface area contributed by atoms with Crippen molar-refractivity contribution < 1.29 is 9.80 Å². The first-order valence-corrected chi connectivity index (χ1v) is 3.19. The zero-order chi connectivity index (χ0) is 6.69. The first-order valence-electron chi connectivity index (χ1n) is 3.19. The van der Waals surface area contributed by atoms with Crippen molar-refractivity contribution in [3.05, 3.63) is 5.21 Å². The minimum atomic E-state index is -0.0116. The van der Waals surface area contributed by atoms with E-state index in [9.17, 15) is 5.21 Å². The zero-order valence-electron chi connectivity index (χ0n) is 5.52. The molecule has 1 heterocycles. The van der Waals surface area contributed by atoms with Gasteiger partial charge in [-0.15, -0.1) is 0 Å². The fourth-order valence-corrected chi connectivity index (χ4v) is 0.898. The van der Waals surface area contributed by atoms with Crippen LogP contribution in [0.15, 0.2) is 0 Å². The average Bonchev–Trinajstić information content (AvgIpc) is 2.17. The summed E-state index contributed by atoms with van der Waals surface area (Å²) in [4.78, 5) is 0. The standard InChI is InChI=1S/C5H12N2O2/c1-2-9-5-3-7(8)4-6-5/h5-7H,2-4H2,1H3. The van der Waals surface area contributed by atoms with Gasteiger partial charge in [-0.25, -0.2) is 5.32 Å². The van der Waals surface area contributed by atoms with E-state index in [4.69, 9.17) is 4.74 Å². The molecule has 2 atom stereocenters. The average molecular weight is 132 g/mol. The van der Waals surface area contributed by atoms with Gasteiger partial charge in [0.1, 0.15) is 13.2 Å². The van der Waals surface area contributed by atoms with Gasteiger partial charge in [0.25, 0.3) is 0 Å². The van der Waals surface area contributed by atoms with Crippen LogP contribution < -0.4 is 10.4 Å². The molecule has 1 rings (SSSR count). The second kappa shape index (κ2) is 3.12. The van der Waals surface area contributed by atoms with Gasteiger partial charge in [-0.3, -0.25) is 0 Å². The molecule has 0 bridgehead atoms. The van der Waals surface area contributed by atoms with Crippen LogP contribution in [0.5, 0.6) is 0 Å². The first kappa shape index (κ1) is 6.95. The minimum Gasteiger partial charge on any atom is -0.633 e. The molecule has 0 amide bonds. The Hall–Kier alpha value is -0.160. The summed E-state index contributed by atoms with van der Waals surface area (Å²) in [6.45, 7) is 3.61. The molecule has 0 aliphatic carbocycles. The van der Waals surface area contributed by atoms with Gasteiger partial charge in [-0.05, 0) is 6.92 Å². The Bertz CT molecular complexity index is 87.0. The van der Waals surface area contributed by atoms with Crippen LogP contribution in [0.3, 0.4) is 0 Å². The third-order valence-corrected chi connectivity index (χ3v) is 1.31. The molecule has 2 N–H and O–H groups in total. The van der Waals surface area contributed by atoms with Crippen LogP contribution in [0, 0.1) is 5.21 Å². The number of rotatable bonds is 2. The Kier molecular flexibility index (Phi) is 2.41. The zero-order valence-corrected chi connectivity index (χ0v) is 5.52. The van der Waals surface area contributed by atoms with E-state index in [0.29, 0.717) is 19.8 Å². The summed E-state index contributed by atoms with van der Waals surface area (Å²) in [7, 11) is 0. The number of nitrogens with one attached hydrogen (secondary N) is 2. The van der Waals surface area contributed by atoms with Crippen LogP contribution in [-0.4, -0.2) is 26.0 Å². The third kappa shape index (κ3) is 1.91. The molecule has 2 unspecified atom stereocenters. The van der Waals surface area contributed by atoms with Gasteiger partial charge in [0.2, 0.25) is 0 Å². The topological polar surface area (TPSA) is 48.8 Å². The molecule has 1 fully saturated rings. The molecule has 0 aromatic heterocycles. The van der Waals surface area contributed by atoms with Crippen molar-refractivity contribution in [3.63, 3.8) is 0 Å². The predicted octanol–water partition coefficient (Wildman–Crippen LogP) is -1.71. The lowest BCUT2D eigenvalue weighted by Gasteiger charge is -2.12. The van der Waals surface area contributed by atoms with Gasteiger partial charge in [0.15, 0.2) is 6.23 Å².